The van der Waals surface area contributed by atoms with Crippen molar-refractivity contribution in [2.24, 2.45) is 0 Å². The van der Waals surface area contributed by atoms with E-state index >= 15 is 0 Å². The average Bonchev–Trinajstić information content (AvgIpc) is 2.45. The first-order valence-corrected chi connectivity index (χ1v) is 4.25. The molecule has 0 aliphatic rings. The van der Waals surface area contributed by atoms with E-state index in [0.717, 1.165) is 11.3 Å². The van der Waals surface area contributed by atoms with Crippen molar-refractivity contribution < 1.29 is 0 Å². The zero-order valence-corrected chi connectivity index (χ0v) is 8.02. The van der Waals surface area contributed by atoms with Crippen LogP contribution in [0.25, 0.3) is 5.65 Å². The molecule has 2 heterocycles. The van der Waals surface area contributed by atoms with Crippen LogP contribution in [0.2, 0.25) is 0 Å². The maximum Gasteiger partial charge on any atom is 0.179 e. The monoisotopic (exact) mass is 176 g/mol. The van der Waals surface area contributed by atoms with Gasteiger partial charge in [-0.3, -0.25) is 0 Å². The first-order chi connectivity index (χ1) is 6.09. The zero-order chi connectivity index (χ0) is 9.47. The average molecular weight is 176 g/mol. The Balaban J connectivity index is 2.72. The number of hydrogen-bond acceptors (Lipinski definition) is 3. The molecule has 2 aromatic rings. The molecule has 0 aliphatic heterocycles. The van der Waals surface area contributed by atoms with Crippen LogP contribution in [0.15, 0.2) is 18.5 Å². The van der Waals surface area contributed by atoms with Crippen LogP contribution in [0.5, 0.6) is 0 Å². The van der Waals surface area contributed by atoms with Crippen LogP contribution in [-0.4, -0.2) is 19.8 Å². The molecule has 68 valence electrons. The lowest BCUT2D eigenvalue weighted by molar-refractivity contribution is 0.570. The highest BCUT2D eigenvalue weighted by Crippen LogP contribution is 2.22. The van der Waals surface area contributed by atoms with Gasteiger partial charge in [0.05, 0.1) is 0 Å². The number of fused-ring (bicyclic) bond motifs is 1. The minimum Gasteiger partial charge on any atom is -0.235 e. The van der Waals surface area contributed by atoms with Gasteiger partial charge in [0, 0.05) is 17.8 Å². The summed E-state index contributed by atoms with van der Waals surface area (Å²) in [4.78, 5) is 4.25. The summed E-state index contributed by atoms with van der Waals surface area (Å²) in [6.45, 7) is 6.31. The largest absolute Gasteiger partial charge is 0.235 e. The van der Waals surface area contributed by atoms with E-state index in [1.54, 1.807) is 10.7 Å². The van der Waals surface area contributed by atoms with Crippen molar-refractivity contribution in [3.05, 3.63) is 24.2 Å². The Hall–Kier alpha value is -1.45. The SMILES string of the molecule is CC(C)(C)c1nnn2cccnc12. The molecule has 4 nitrogen and oxygen atoms in total. The molecule has 4 heteroatoms. The van der Waals surface area contributed by atoms with Crippen molar-refractivity contribution in [1.82, 2.24) is 19.8 Å². The minimum absolute atomic E-state index is 0.00387. The molecule has 0 spiro atoms. The smallest absolute Gasteiger partial charge is 0.179 e. The molecule has 2 aromatic heterocycles. The second-order valence-electron chi connectivity index (χ2n) is 4.08. The van der Waals surface area contributed by atoms with Crippen molar-refractivity contribution in [3.63, 3.8) is 0 Å². The number of rotatable bonds is 0. The van der Waals surface area contributed by atoms with E-state index < -0.39 is 0 Å². The molecule has 0 saturated heterocycles. The van der Waals surface area contributed by atoms with Crippen LogP contribution in [-0.2, 0) is 5.41 Å². The van der Waals surface area contributed by atoms with Gasteiger partial charge in [0.15, 0.2) is 5.65 Å². The van der Waals surface area contributed by atoms with Gasteiger partial charge in [-0.2, -0.15) is 0 Å². The van der Waals surface area contributed by atoms with Crippen LogP contribution in [0.4, 0.5) is 0 Å². The molecule has 0 N–H and O–H groups in total. The van der Waals surface area contributed by atoms with Gasteiger partial charge in [0.1, 0.15) is 5.69 Å². The lowest BCUT2D eigenvalue weighted by Gasteiger charge is -2.13. The predicted molar refractivity (Wildman–Crippen MR) is 49.5 cm³/mol. The van der Waals surface area contributed by atoms with Crippen LogP contribution < -0.4 is 0 Å². The van der Waals surface area contributed by atoms with Gasteiger partial charge in [-0.15, -0.1) is 5.10 Å². The Labute approximate surface area is 76.6 Å². The number of hydrogen-bond donors (Lipinski definition) is 0. The zero-order valence-electron chi connectivity index (χ0n) is 8.02. The Kier molecular flexibility index (Phi) is 1.58. The summed E-state index contributed by atoms with van der Waals surface area (Å²) in [5.41, 5.74) is 1.78. The molecule has 0 unspecified atom stereocenters. The molecule has 2 rings (SSSR count). The molecule has 0 saturated carbocycles. The summed E-state index contributed by atoms with van der Waals surface area (Å²) in [5, 5.41) is 8.11. The summed E-state index contributed by atoms with van der Waals surface area (Å²) < 4.78 is 1.70. The molecular weight excluding hydrogens is 164 g/mol. The van der Waals surface area contributed by atoms with Gasteiger partial charge in [0.25, 0.3) is 0 Å². The lowest BCUT2D eigenvalue weighted by atomic mass is 9.92. The van der Waals surface area contributed by atoms with E-state index in [9.17, 15) is 0 Å². The molecular formula is C9H12N4. The fourth-order valence-corrected chi connectivity index (χ4v) is 1.23. The predicted octanol–water partition coefficient (Wildman–Crippen LogP) is 1.42. The molecule has 0 atom stereocenters. The second-order valence-corrected chi connectivity index (χ2v) is 4.08. The maximum absolute atomic E-state index is 4.25. The summed E-state index contributed by atoms with van der Waals surface area (Å²) in [6, 6.07) is 1.84. The van der Waals surface area contributed by atoms with Crippen LogP contribution in [0, 0.1) is 0 Å². The summed E-state index contributed by atoms with van der Waals surface area (Å²) in [7, 11) is 0. The normalized spacial score (nSPS) is 12.2. The molecule has 13 heavy (non-hydrogen) atoms. The van der Waals surface area contributed by atoms with E-state index in [0.29, 0.717) is 0 Å². The van der Waals surface area contributed by atoms with Crippen molar-refractivity contribution in [2.75, 3.05) is 0 Å². The van der Waals surface area contributed by atoms with Gasteiger partial charge in [-0.1, -0.05) is 26.0 Å². The highest BCUT2D eigenvalue weighted by atomic mass is 15.4. The quantitative estimate of drug-likeness (QED) is 0.609. The Bertz CT molecular complexity index is 424. The molecule has 0 amide bonds. The van der Waals surface area contributed by atoms with Crippen molar-refractivity contribution >= 4 is 5.65 Å². The van der Waals surface area contributed by atoms with E-state index in [2.05, 4.69) is 36.1 Å². The fraction of sp³-hybridized carbons (Fsp3) is 0.444. The molecule has 0 aromatic carbocycles. The van der Waals surface area contributed by atoms with Gasteiger partial charge >= 0.3 is 0 Å². The third kappa shape index (κ3) is 1.28. The standard InChI is InChI=1S/C9H12N4/c1-9(2,3)7-8-10-5-4-6-13(8)12-11-7/h4-6H,1-3H3. The van der Waals surface area contributed by atoms with Crippen molar-refractivity contribution in [3.8, 4) is 0 Å². The van der Waals surface area contributed by atoms with E-state index in [1.807, 2.05) is 12.3 Å². The van der Waals surface area contributed by atoms with Crippen molar-refractivity contribution in [2.45, 2.75) is 26.2 Å². The minimum atomic E-state index is -0.00387. The first kappa shape index (κ1) is 8.16. The second kappa shape index (κ2) is 2.52. The van der Waals surface area contributed by atoms with E-state index in [4.69, 9.17) is 0 Å². The summed E-state index contributed by atoms with van der Waals surface area (Å²) in [5.74, 6) is 0. The Morgan fingerprint density at radius 3 is 2.77 bits per heavy atom. The highest BCUT2D eigenvalue weighted by molar-refractivity contribution is 5.45. The Morgan fingerprint density at radius 1 is 1.31 bits per heavy atom. The van der Waals surface area contributed by atoms with Crippen LogP contribution >= 0.6 is 0 Å². The molecule has 0 bridgehead atoms. The van der Waals surface area contributed by atoms with E-state index in [1.165, 1.54) is 0 Å². The van der Waals surface area contributed by atoms with Gasteiger partial charge in [-0.05, 0) is 6.07 Å². The van der Waals surface area contributed by atoms with Gasteiger partial charge < -0.3 is 0 Å². The highest BCUT2D eigenvalue weighted by Gasteiger charge is 2.21. The third-order valence-electron chi connectivity index (χ3n) is 1.89. The third-order valence-corrected chi connectivity index (χ3v) is 1.89. The number of aromatic nitrogens is 4. The summed E-state index contributed by atoms with van der Waals surface area (Å²) >= 11 is 0. The van der Waals surface area contributed by atoms with Gasteiger partial charge in [-0.25, -0.2) is 9.50 Å². The molecule has 0 fully saturated rings. The topological polar surface area (TPSA) is 43.1 Å². The van der Waals surface area contributed by atoms with Crippen LogP contribution in [0.3, 0.4) is 0 Å². The van der Waals surface area contributed by atoms with Crippen molar-refractivity contribution in [1.29, 1.82) is 0 Å². The molecule has 0 aliphatic carbocycles. The van der Waals surface area contributed by atoms with Crippen LogP contribution in [0.1, 0.15) is 26.5 Å². The first-order valence-electron chi connectivity index (χ1n) is 4.25. The maximum atomic E-state index is 4.25. The lowest BCUT2D eigenvalue weighted by Crippen LogP contribution is -2.12. The Morgan fingerprint density at radius 2 is 2.08 bits per heavy atom. The van der Waals surface area contributed by atoms with Gasteiger partial charge in [0.2, 0.25) is 0 Å². The number of nitrogens with zero attached hydrogens (tertiary/aromatic N) is 4. The van der Waals surface area contributed by atoms with E-state index in [-0.39, 0.29) is 5.41 Å². The summed E-state index contributed by atoms with van der Waals surface area (Å²) in [6.07, 6.45) is 3.61. The molecule has 0 radical (unpaired) electrons. The fourth-order valence-electron chi connectivity index (χ4n) is 1.23.